The van der Waals surface area contributed by atoms with Gasteiger partial charge < -0.3 is 5.32 Å². The Balaban J connectivity index is 1.94. The molecule has 0 bridgehead atoms. The zero-order valence-electron chi connectivity index (χ0n) is 10.5. The number of aromatic nitrogens is 2. The van der Waals surface area contributed by atoms with E-state index in [4.69, 9.17) is 0 Å². The van der Waals surface area contributed by atoms with Crippen molar-refractivity contribution in [2.45, 2.75) is 33.4 Å². The Hall–Kier alpha value is -1.10. The summed E-state index contributed by atoms with van der Waals surface area (Å²) in [6, 6.07) is 0.499. The molecule has 0 amide bonds. The third-order valence-corrected chi connectivity index (χ3v) is 4.12. The molecule has 1 aliphatic rings. The van der Waals surface area contributed by atoms with Crippen LogP contribution in [0, 0.1) is 12.8 Å². The summed E-state index contributed by atoms with van der Waals surface area (Å²) in [5.41, 5.74) is 1.85. The Morgan fingerprint density at radius 2 is 2.24 bits per heavy atom. The Bertz CT molecular complexity index is 401. The molecule has 1 aromatic rings. The molecule has 92 valence electrons. The van der Waals surface area contributed by atoms with E-state index in [2.05, 4.69) is 34.1 Å². The predicted molar refractivity (Wildman–Crippen MR) is 72.1 cm³/mol. The maximum atomic E-state index is 4.53. The van der Waals surface area contributed by atoms with Crippen LogP contribution in [0.2, 0.25) is 0 Å². The van der Waals surface area contributed by atoms with Crippen LogP contribution in [0.25, 0.3) is 0 Å². The molecule has 2 rings (SSSR count). The molecule has 0 spiro atoms. The van der Waals surface area contributed by atoms with Crippen LogP contribution in [0.15, 0.2) is 17.4 Å². The summed E-state index contributed by atoms with van der Waals surface area (Å²) >= 11 is 1.79. The molecule has 1 fully saturated rings. The average molecular weight is 250 g/mol. The van der Waals surface area contributed by atoms with Crippen LogP contribution >= 0.6 is 11.8 Å². The van der Waals surface area contributed by atoms with Crippen molar-refractivity contribution in [2.75, 3.05) is 5.75 Å². The smallest absolute Gasteiger partial charge is 0.157 e. The van der Waals surface area contributed by atoms with Crippen LogP contribution in [0.3, 0.4) is 0 Å². The number of hydrogen-bond donors (Lipinski definition) is 1. The first-order valence-electron chi connectivity index (χ1n) is 5.86. The summed E-state index contributed by atoms with van der Waals surface area (Å²) in [7, 11) is 0. The second-order valence-electron chi connectivity index (χ2n) is 4.49. The van der Waals surface area contributed by atoms with E-state index in [9.17, 15) is 0 Å². The molecule has 5 heteroatoms. The SMILES string of the molecule is Cc1cnc(CN=C2NC(C)C(C)CS2)cn1. The molecule has 0 aliphatic carbocycles. The maximum Gasteiger partial charge on any atom is 0.157 e. The summed E-state index contributed by atoms with van der Waals surface area (Å²) in [4.78, 5) is 13.0. The van der Waals surface area contributed by atoms with Crippen LogP contribution in [0.1, 0.15) is 25.2 Å². The van der Waals surface area contributed by atoms with Gasteiger partial charge in [0.05, 0.1) is 24.1 Å². The van der Waals surface area contributed by atoms with Gasteiger partial charge in [0, 0.05) is 18.0 Å². The molecule has 1 N–H and O–H groups in total. The van der Waals surface area contributed by atoms with Gasteiger partial charge in [0.15, 0.2) is 5.17 Å². The van der Waals surface area contributed by atoms with Crippen molar-refractivity contribution in [1.29, 1.82) is 0 Å². The van der Waals surface area contributed by atoms with Crippen LogP contribution in [-0.2, 0) is 6.54 Å². The van der Waals surface area contributed by atoms with Crippen molar-refractivity contribution < 1.29 is 0 Å². The van der Waals surface area contributed by atoms with Gasteiger partial charge in [-0.3, -0.25) is 15.0 Å². The van der Waals surface area contributed by atoms with E-state index >= 15 is 0 Å². The molecule has 1 saturated heterocycles. The molecule has 1 aliphatic heterocycles. The summed E-state index contributed by atoms with van der Waals surface area (Å²) in [5, 5.41) is 4.44. The van der Waals surface area contributed by atoms with E-state index in [1.54, 1.807) is 24.2 Å². The molecule has 17 heavy (non-hydrogen) atoms. The molecule has 1 aromatic heterocycles. The standard InChI is InChI=1S/C12H18N4S/c1-8-7-17-12(16-10(8)3)15-6-11-5-13-9(2)4-14-11/h4-5,8,10H,6-7H2,1-3H3,(H,15,16). The third kappa shape index (κ3) is 3.43. The fraction of sp³-hybridized carbons (Fsp3) is 0.583. The summed E-state index contributed by atoms with van der Waals surface area (Å²) in [6.07, 6.45) is 3.57. The molecule has 4 nitrogen and oxygen atoms in total. The number of nitrogens with one attached hydrogen (secondary N) is 1. The van der Waals surface area contributed by atoms with Crippen molar-refractivity contribution >= 4 is 16.9 Å². The highest BCUT2D eigenvalue weighted by atomic mass is 32.2. The van der Waals surface area contributed by atoms with E-state index in [-0.39, 0.29) is 0 Å². The first kappa shape index (κ1) is 12.4. The van der Waals surface area contributed by atoms with Crippen molar-refractivity contribution in [1.82, 2.24) is 15.3 Å². The highest BCUT2D eigenvalue weighted by Crippen LogP contribution is 2.19. The van der Waals surface area contributed by atoms with Gasteiger partial charge in [0.1, 0.15) is 0 Å². The maximum absolute atomic E-state index is 4.53. The first-order chi connectivity index (χ1) is 8.15. The minimum Gasteiger partial charge on any atom is -0.362 e. The molecule has 2 atom stereocenters. The minimum absolute atomic E-state index is 0.499. The Morgan fingerprint density at radius 3 is 2.88 bits per heavy atom. The predicted octanol–water partition coefficient (Wildman–Crippen LogP) is 2.00. The Morgan fingerprint density at radius 1 is 1.41 bits per heavy atom. The van der Waals surface area contributed by atoms with Crippen molar-refractivity contribution in [3.05, 3.63) is 23.8 Å². The number of rotatable bonds is 2. The molecule has 0 saturated carbocycles. The lowest BCUT2D eigenvalue weighted by Gasteiger charge is -2.28. The third-order valence-electron chi connectivity index (χ3n) is 2.91. The van der Waals surface area contributed by atoms with Gasteiger partial charge in [-0.1, -0.05) is 18.7 Å². The van der Waals surface area contributed by atoms with E-state index in [0.717, 1.165) is 22.3 Å². The summed E-state index contributed by atoms with van der Waals surface area (Å²) < 4.78 is 0. The van der Waals surface area contributed by atoms with Crippen LogP contribution in [0.5, 0.6) is 0 Å². The zero-order valence-corrected chi connectivity index (χ0v) is 11.3. The first-order valence-corrected chi connectivity index (χ1v) is 6.85. The zero-order chi connectivity index (χ0) is 12.3. The van der Waals surface area contributed by atoms with Crippen molar-refractivity contribution in [3.63, 3.8) is 0 Å². The number of nitrogens with zero attached hydrogens (tertiary/aromatic N) is 3. The number of amidine groups is 1. The number of thioether (sulfide) groups is 1. The molecule has 2 heterocycles. The highest BCUT2D eigenvalue weighted by molar-refractivity contribution is 8.13. The second-order valence-corrected chi connectivity index (χ2v) is 5.50. The number of aliphatic imine (C=N–C) groups is 1. The van der Waals surface area contributed by atoms with Crippen LogP contribution < -0.4 is 5.32 Å². The van der Waals surface area contributed by atoms with E-state index in [0.29, 0.717) is 18.5 Å². The number of hydrogen-bond acceptors (Lipinski definition) is 4. The Labute approximate surface area is 106 Å². The largest absolute Gasteiger partial charge is 0.362 e. The van der Waals surface area contributed by atoms with Gasteiger partial charge >= 0.3 is 0 Å². The number of aryl methyl sites for hydroxylation is 1. The van der Waals surface area contributed by atoms with Crippen molar-refractivity contribution in [2.24, 2.45) is 10.9 Å². The van der Waals surface area contributed by atoms with Gasteiger partial charge in [-0.25, -0.2) is 0 Å². The molecular weight excluding hydrogens is 232 g/mol. The molecule has 0 aromatic carbocycles. The topological polar surface area (TPSA) is 50.2 Å². The van der Waals surface area contributed by atoms with Gasteiger partial charge in [0.25, 0.3) is 0 Å². The lowest BCUT2D eigenvalue weighted by atomic mass is 10.1. The fourth-order valence-corrected chi connectivity index (χ4v) is 2.61. The van der Waals surface area contributed by atoms with Crippen LogP contribution in [0.4, 0.5) is 0 Å². The quantitative estimate of drug-likeness (QED) is 0.872. The van der Waals surface area contributed by atoms with Crippen molar-refractivity contribution in [3.8, 4) is 0 Å². The highest BCUT2D eigenvalue weighted by Gasteiger charge is 2.20. The van der Waals surface area contributed by atoms with Gasteiger partial charge in [-0.15, -0.1) is 0 Å². The second kappa shape index (κ2) is 5.49. The average Bonchev–Trinajstić information content (AvgIpc) is 2.33. The minimum atomic E-state index is 0.499. The van der Waals surface area contributed by atoms with E-state index in [1.807, 2.05) is 6.92 Å². The van der Waals surface area contributed by atoms with Gasteiger partial charge in [-0.05, 0) is 19.8 Å². The van der Waals surface area contributed by atoms with E-state index < -0.39 is 0 Å². The van der Waals surface area contributed by atoms with Gasteiger partial charge in [0.2, 0.25) is 0 Å². The van der Waals surface area contributed by atoms with Crippen LogP contribution in [-0.4, -0.2) is 26.9 Å². The normalized spacial score (nSPS) is 26.9. The summed E-state index contributed by atoms with van der Waals surface area (Å²) in [6.45, 7) is 6.99. The lowest BCUT2D eigenvalue weighted by molar-refractivity contribution is 0.490. The molecular formula is C12H18N4S. The lowest BCUT2D eigenvalue weighted by Crippen LogP contribution is -2.41. The summed E-state index contributed by atoms with van der Waals surface area (Å²) in [5.74, 6) is 1.82. The Kier molecular flexibility index (Phi) is 3.99. The molecule has 0 radical (unpaired) electrons. The molecule has 2 unspecified atom stereocenters. The monoisotopic (exact) mass is 250 g/mol. The fourth-order valence-electron chi connectivity index (χ4n) is 1.48. The van der Waals surface area contributed by atoms with E-state index in [1.165, 1.54) is 0 Å². The van der Waals surface area contributed by atoms with Gasteiger partial charge in [-0.2, -0.15) is 0 Å².